The van der Waals surface area contributed by atoms with Crippen molar-refractivity contribution in [2.45, 2.75) is 19.8 Å². The van der Waals surface area contributed by atoms with E-state index in [9.17, 15) is 13.6 Å². The van der Waals surface area contributed by atoms with Gasteiger partial charge in [0, 0.05) is 12.5 Å². The first-order valence-electron chi connectivity index (χ1n) is 7.42. The first-order valence-corrected chi connectivity index (χ1v) is 8.21. The van der Waals surface area contributed by atoms with Crippen molar-refractivity contribution in [1.29, 1.82) is 0 Å². The van der Waals surface area contributed by atoms with Crippen molar-refractivity contribution in [3.8, 4) is 0 Å². The van der Waals surface area contributed by atoms with Gasteiger partial charge in [-0.3, -0.25) is 4.79 Å². The number of carbonyl (C=O) groups is 1. The Morgan fingerprint density at radius 3 is 2.65 bits per heavy atom. The third kappa shape index (κ3) is 5.43. The van der Waals surface area contributed by atoms with Gasteiger partial charge in [-0.05, 0) is 64.2 Å². The van der Waals surface area contributed by atoms with Crippen molar-refractivity contribution in [3.05, 3.63) is 69.7 Å². The summed E-state index contributed by atoms with van der Waals surface area (Å²) in [6.45, 7) is 2.29. The van der Waals surface area contributed by atoms with Crippen LogP contribution in [0.15, 0.2) is 46.9 Å². The molecule has 1 unspecified atom stereocenters. The van der Waals surface area contributed by atoms with Crippen molar-refractivity contribution in [3.63, 3.8) is 0 Å². The topological polar surface area (TPSA) is 29.1 Å². The fourth-order valence-electron chi connectivity index (χ4n) is 2.31. The second kappa shape index (κ2) is 8.20. The molecule has 1 N–H and O–H groups in total. The zero-order valence-electron chi connectivity index (χ0n) is 12.8. The summed E-state index contributed by atoms with van der Waals surface area (Å²) in [7, 11) is 0. The summed E-state index contributed by atoms with van der Waals surface area (Å²) in [6.07, 6.45) is 1.11. The molecule has 1 amide bonds. The van der Waals surface area contributed by atoms with Crippen molar-refractivity contribution < 1.29 is 13.6 Å². The van der Waals surface area contributed by atoms with Crippen LogP contribution in [-0.4, -0.2) is 12.5 Å². The first-order chi connectivity index (χ1) is 11.0. The zero-order valence-corrected chi connectivity index (χ0v) is 14.4. The van der Waals surface area contributed by atoms with E-state index in [4.69, 9.17) is 0 Å². The number of benzene rings is 2. The number of hydrogen-bond donors (Lipinski definition) is 1. The van der Waals surface area contributed by atoms with Gasteiger partial charge in [0.15, 0.2) is 0 Å². The lowest BCUT2D eigenvalue weighted by atomic mass is 10.0. The second-order valence-corrected chi connectivity index (χ2v) is 6.38. The van der Waals surface area contributed by atoms with Gasteiger partial charge in [0.25, 0.3) is 0 Å². The molecule has 0 aliphatic carbocycles. The maximum atomic E-state index is 13.1. The Kier molecular flexibility index (Phi) is 6.28. The lowest BCUT2D eigenvalue weighted by Gasteiger charge is -2.12. The number of hydrogen-bond acceptors (Lipinski definition) is 1. The Labute approximate surface area is 143 Å². The van der Waals surface area contributed by atoms with Crippen LogP contribution in [0.3, 0.4) is 0 Å². The van der Waals surface area contributed by atoms with Crippen molar-refractivity contribution >= 4 is 21.8 Å². The third-order valence-corrected chi connectivity index (χ3v) is 4.18. The van der Waals surface area contributed by atoms with Crippen LogP contribution >= 0.6 is 15.9 Å². The normalized spacial score (nSPS) is 12.0. The molecule has 122 valence electrons. The van der Waals surface area contributed by atoms with Gasteiger partial charge in [0.2, 0.25) is 5.91 Å². The quantitative estimate of drug-likeness (QED) is 0.795. The molecule has 0 fully saturated rings. The van der Waals surface area contributed by atoms with Gasteiger partial charge in [0.1, 0.15) is 11.6 Å². The van der Waals surface area contributed by atoms with Crippen LogP contribution in [0.5, 0.6) is 0 Å². The van der Waals surface area contributed by atoms with Crippen LogP contribution in [0.25, 0.3) is 0 Å². The Morgan fingerprint density at radius 2 is 1.96 bits per heavy atom. The van der Waals surface area contributed by atoms with E-state index in [1.54, 1.807) is 18.2 Å². The minimum absolute atomic E-state index is 0.0737. The molecule has 0 bridgehead atoms. The Balaban J connectivity index is 1.80. The van der Waals surface area contributed by atoms with E-state index in [-0.39, 0.29) is 23.5 Å². The van der Waals surface area contributed by atoms with E-state index < -0.39 is 0 Å². The highest BCUT2D eigenvalue weighted by Gasteiger charge is 2.13. The Hall–Kier alpha value is -1.75. The van der Waals surface area contributed by atoms with Crippen LogP contribution in [0.1, 0.15) is 18.1 Å². The molecular formula is C18H18BrF2NO. The maximum Gasteiger partial charge on any atom is 0.223 e. The van der Waals surface area contributed by atoms with Crippen molar-refractivity contribution in [2.75, 3.05) is 6.54 Å². The van der Waals surface area contributed by atoms with E-state index in [2.05, 4.69) is 21.2 Å². The molecule has 2 nitrogen and oxygen atoms in total. The predicted octanol–water partition coefficient (Wildman–Crippen LogP) is 4.26. The fraction of sp³-hybridized carbons (Fsp3) is 0.278. The van der Waals surface area contributed by atoms with Gasteiger partial charge in [-0.2, -0.15) is 0 Å². The van der Waals surface area contributed by atoms with Crippen LogP contribution < -0.4 is 5.32 Å². The Bertz CT molecular complexity index is 690. The third-order valence-electron chi connectivity index (χ3n) is 3.58. The summed E-state index contributed by atoms with van der Waals surface area (Å²) in [5, 5.41) is 2.86. The lowest BCUT2D eigenvalue weighted by molar-refractivity contribution is -0.124. The molecule has 0 heterocycles. The summed E-state index contributed by atoms with van der Waals surface area (Å²) in [5.41, 5.74) is 1.74. The summed E-state index contributed by atoms with van der Waals surface area (Å²) in [4.78, 5) is 12.1. The maximum absolute atomic E-state index is 13.1. The van der Waals surface area contributed by atoms with Gasteiger partial charge in [-0.1, -0.05) is 25.1 Å². The van der Waals surface area contributed by atoms with E-state index in [0.29, 0.717) is 23.9 Å². The molecule has 2 aromatic rings. The van der Waals surface area contributed by atoms with Gasteiger partial charge < -0.3 is 5.32 Å². The SMILES string of the molecule is CC(Cc1cccc(F)c1)C(=O)NCCc1ccc(F)c(Br)c1. The monoisotopic (exact) mass is 381 g/mol. The predicted molar refractivity (Wildman–Crippen MR) is 90.1 cm³/mol. The molecule has 2 rings (SSSR count). The minimum atomic E-state index is -0.304. The zero-order chi connectivity index (χ0) is 16.8. The molecule has 0 aliphatic rings. The first kappa shape index (κ1) is 17.6. The van der Waals surface area contributed by atoms with Crippen LogP contribution in [0.4, 0.5) is 8.78 Å². The summed E-state index contributed by atoms with van der Waals surface area (Å²) >= 11 is 3.14. The smallest absolute Gasteiger partial charge is 0.223 e. The molecular weight excluding hydrogens is 364 g/mol. The molecule has 0 aromatic heterocycles. The largest absolute Gasteiger partial charge is 0.356 e. The summed E-state index contributed by atoms with van der Waals surface area (Å²) in [5.74, 6) is -0.911. The van der Waals surface area contributed by atoms with Gasteiger partial charge >= 0.3 is 0 Å². The average molecular weight is 382 g/mol. The second-order valence-electron chi connectivity index (χ2n) is 5.52. The van der Waals surface area contributed by atoms with Crippen LogP contribution in [-0.2, 0) is 17.6 Å². The van der Waals surface area contributed by atoms with Gasteiger partial charge in [-0.25, -0.2) is 8.78 Å². The van der Waals surface area contributed by atoms with E-state index >= 15 is 0 Å². The van der Waals surface area contributed by atoms with Crippen LogP contribution in [0, 0.1) is 17.6 Å². The van der Waals surface area contributed by atoms with Gasteiger partial charge in [0.05, 0.1) is 4.47 Å². The number of carbonyl (C=O) groups excluding carboxylic acids is 1. The molecule has 0 spiro atoms. The molecule has 1 atom stereocenters. The standard InChI is InChI=1S/C18H18BrF2NO/c1-12(9-14-3-2-4-15(20)10-14)18(23)22-8-7-13-5-6-17(21)16(19)11-13/h2-6,10-12H,7-9H2,1H3,(H,22,23). The summed E-state index contributed by atoms with van der Waals surface area (Å²) in [6, 6.07) is 11.1. The number of rotatable bonds is 6. The molecule has 0 radical (unpaired) electrons. The van der Waals surface area contributed by atoms with E-state index in [1.165, 1.54) is 18.2 Å². The summed E-state index contributed by atoms with van der Waals surface area (Å²) < 4.78 is 26.7. The highest BCUT2D eigenvalue weighted by molar-refractivity contribution is 9.10. The lowest BCUT2D eigenvalue weighted by Crippen LogP contribution is -2.31. The average Bonchev–Trinajstić information content (AvgIpc) is 2.50. The van der Waals surface area contributed by atoms with E-state index in [1.807, 2.05) is 13.0 Å². The number of nitrogens with one attached hydrogen (secondary N) is 1. The molecule has 2 aromatic carbocycles. The van der Waals surface area contributed by atoms with E-state index in [0.717, 1.165) is 11.1 Å². The molecule has 5 heteroatoms. The number of amides is 1. The molecule has 23 heavy (non-hydrogen) atoms. The van der Waals surface area contributed by atoms with Gasteiger partial charge in [-0.15, -0.1) is 0 Å². The molecule has 0 saturated carbocycles. The highest BCUT2D eigenvalue weighted by Crippen LogP contribution is 2.17. The van der Waals surface area contributed by atoms with Crippen LogP contribution in [0.2, 0.25) is 0 Å². The minimum Gasteiger partial charge on any atom is -0.356 e. The van der Waals surface area contributed by atoms with Crippen molar-refractivity contribution in [1.82, 2.24) is 5.32 Å². The number of halogens is 3. The molecule has 0 aliphatic heterocycles. The molecule has 0 saturated heterocycles. The highest BCUT2D eigenvalue weighted by atomic mass is 79.9. The van der Waals surface area contributed by atoms with Crippen molar-refractivity contribution in [2.24, 2.45) is 5.92 Å². The Morgan fingerprint density at radius 1 is 1.17 bits per heavy atom. The fourth-order valence-corrected chi connectivity index (χ4v) is 2.74.